The minimum Gasteiger partial charge on any atom is -0.480 e. The zero-order chi connectivity index (χ0) is 15.3. The Balaban J connectivity index is 1.99. The minimum absolute atomic E-state index is 0.0209. The van der Waals surface area contributed by atoms with Crippen LogP contribution in [0, 0.1) is 0 Å². The molecule has 0 radical (unpaired) electrons. The first-order valence-corrected chi connectivity index (χ1v) is 8.46. The third-order valence-electron chi connectivity index (χ3n) is 3.86. The topological polar surface area (TPSA) is 55.1 Å². The zero-order valence-electron chi connectivity index (χ0n) is 13.4. The Morgan fingerprint density at radius 1 is 1.05 bits per heavy atom. The standard InChI is InChI=1S/C17H30N2O2/c1-2-3-4-5-6-7-8-9-10-11-12-16-18-13-14-19(16)15-17(20)21/h13-14H,2-12,15H2,1H3,(H,20,21). The molecule has 1 N–H and O–H groups in total. The molecule has 0 saturated heterocycles. The maximum Gasteiger partial charge on any atom is 0.323 e. The van der Waals surface area contributed by atoms with Crippen molar-refractivity contribution >= 4 is 5.97 Å². The van der Waals surface area contributed by atoms with Crippen molar-refractivity contribution in [2.24, 2.45) is 0 Å². The first-order chi connectivity index (χ1) is 10.2. The molecular weight excluding hydrogens is 264 g/mol. The van der Waals surface area contributed by atoms with Crippen LogP contribution in [0.4, 0.5) is 0 Å². The molecule has 4 nitrogen and oxygen atoms in total. The number of unbranched alkanes of at least 4 members (excludes halogenated alkanes) is 9. The summed E-state index contributed by atoms with van der Waals surface area (Å²) in [5, 5.41) is 8.81. The number of nitrogens with zero attached hydrogens (tertiary/aromatic N) is 2. The molecule has 0 fully saturated rings. The molecule has 1 aromatic heterocycles. The average molecular weight is 294 g/mol. The van der Waals surface area contributed by atoms with E-state index in [1.54, 1.807) is 17.0 Å². The molecule has 0 bridgehead atoms. The summed E-state index contributed by atoms with van der Waals surface area (Å²) < 4.78 is 1.73. The lowest BCUT2D eigenvalue weighted by molar-refractivity contribution is -0.137. The van der Waals surface area contributed by atoms with Crippen molar-refractivity contribution in [3.8, 4) is 0 Å². The van der Waals surface area contributed by atoms with E-state index in [1.165, 1.54) is 57.8 Å². The molecule has 0 spiro atoms. The van der Waals surface area contributed by atoms with Gasteiger partial charge in [0, 0.05) is 18.8 Å². The van der Waals surface area contributed by atoms with Crippen molar-refractivity contribution in [3.05, 3.63) is 18.2 Å². The molecule has 0 aliphatic rings. The van der Waals surface area contributed by atoms with E-state index in [9.17, 15) is 4.79 Å². The van der Waals surface area contributed by atoms with E-state index in [0.717, 1.165) is 18.7 Å². The number of aromatic nitrogens is 2. The van der Waals surface area contributed by atoms with Crippen LogP contribution in [0.25, 0.3) is 0 Å². The normalized spacial score (nSPS) is 10.9. The molecule has 0 aromatic carbocycles. The SMILES string of the molecule is CCCCCCCCCCCCc1nccn1CC(=O)O. The smallest absolute Gasteiger partial charge is 0.323 e. The van der Waals surface area contributed by atoms with Crippen LogP contribution in [0.3, 0.4) is 0 Å². The van der Waals surface area contributed by atoms with Crippen molar-refractivity contribution in [2.45, 2.75) is 84.1 Å². The number of aryl methyl sites for hydroxylation is 1. The maximum absolute atomic E-state index is 10.7. The molecule has 0 unspecified atom stereocenters. The highest BCUT2D eigenvalue weighted by atomic mass is 16.4. The van der Waals surface area contributed by atoms with Gasteiger partial charge >= 0.3 is 5.97 Å². The summed E-state index contributed by atoms with van der Waals surface area (Å²) in [6.07, 6.45) is 17.5. The molecule has 21 heavy (non-hydrogen) atoms. The second-order valence-electron chi connectivity index (χ2n) is 5.80. The predicted octanol–water partition coefficient (Wildman–Crippen LogP) is 4.43. The Hall–Kier alpha value is -1.32. The number of imidazole rings is 1. The van der Waals surface area contributed by atoms with Crippen LogP contribution in [-0.2, 0) is 17.8 Å². The summed E-state index contributed by atoms with van der Waals surface area (Å²) in [7, 11) is 0. The summed E-state index contributed by atoms with van der Waals surface area (Å²) in [5.74, 6) is 0.0919. The summed E-state index contributed by atoms with van der Waals surface area (Å²) >= 11 is 0. The van der Waals surface area contributed by atoms with E-state index in [-0.39, 0.29) is 6.54 Å². The first-order valence-electron chi connectivity index (χ1n) is 8.46. The Bertz CT molecular complexity index is 388. The van der Waals surface area contributed by atoms with Crippen LogP contribution < -0.4 is 0 Å². The lowest BCUT2D eigenvalue weighted by atomic mass is 10.1. The van der Waals surface area contributed by atoms with Gasteiger partial charge in [0.25, 0.3) is 0 Å². The molecule has 0 aliphatic carbocycles. The highest BCUT2D eigenvalue weighted by Crippen LogP contribution is 2.12. The van der Waals surface area contributed by atoms with Crippen LogP contribution in [0.15, 0.2) is 12.4 Å². The third kappa shape index (κ3) is 8.53. The molecule has 120 valence electrons. The number of carbonyl (C=O) groups is 1. The average Bonchev–Trinajstić information content (AvgIpc) is 2.87. The van der Waals surface area contributed by atoms with E-state index in [4.69, 9.17) is 5.11 Å². The van der Waals surface area contributed by atoms with Gasteiger partial charge in [0.15, 0.2) is 0 Å². The monoisotopic (exact) mass is 294 g/mol. The Morgan fingerprint density at radius 3 is 2.19 bits per heavy atom. The molecule has 0 atom stereocenters. The van der Waals surface area contributed by atoms with Gasteiger partial charge in [0.1, 0.15) is 12.4 Å². The van der Waals surface area contributed by atoms with Crippen molar-refractivity contribution in [2.75, 3.05) is 0 Å². The number of carboxylic acids is 1. The van der Waals surface area contributed by atoms with Crippen molar-refractivity contribution in [1.29, 1.82) is 0 Å². The van der Waals surface area contributed by atoms with Crippen LogP contribution in [0.1, 0.15) is 77.0 Å². The van der Waals surface area contributed by atoms with E-state index in [0.29, 0.717) is 0 Å². The number of carboxylic acid groups (broad SMARTS) is 1. The molecular formula is C17H30N2O2. The molecule has 4 heteroatoms. The van der Waals surface area contributed by atoms with E-state index in [1.807, 2.05) is 0 Å². The van der Waals surface area contributed by atoms with Crippen LogP contribution >= 0.6 is 0 Å². The quantitative estimate of drug-likeness (QED) is 0.547. The van der Waals surface area contributed by atoms with E-state index in [2.05, 4.69) is 11.9 Å². The fourth-order valence-electron chi connectivity index (χ4n) is 2.63. The molecule has 0 aliphatic heterocycles. The summed E-state index contributed by atoms with van der Waals surface area (Å²) in [6.45, 7) is 2.27. The largest absolute Gasteiger partial charge is 0.480 e. The van der Waals surface area contributed by atoms with Gasteiger partial charge in [-0.25, -0.2) is 4.98 Å². The second kappa shape index (κ2) is 11.4. The van der Waals surface area contributed by atoms with Crippen LogP contribution in [0.5, 0.6) is 0 Å². The Morgan fingerprint density at radius 2 is 1.62 bits per heavy atom. The van der Waals surface area contributed by atoms with Gasteiger partial charge in [-0.15, -0.1) is 0 Å². The van der Waals surface area contributed by atoms with Gasteiger partial charge < -0.3 is 9.67 Å². The molecule has 1 heterocycles. The molecule has 0 amide bonds. The van der Waals surface area contributed by atoms with Crippen LogP contribution in [0.2, 0.25) is 0 Å². The third-order valence-corrected chi connectivity index (χ3v) is 3.86. The van der Waals surface area contributed by atoms with Crippen molar-refractivity contribution in [3.63, 3.8) is 0 Å². The van der Waals surface area contributed by atoms with Gasteiger partial charge in [0.2, 0.25) is 0 Å². The predicted molar refractivity (Wildman–Crippen MR) is 85.4 cm³/mol. The van der Waals surface area contributed by atoms with Crippen molar-refractivity contribution in [1.82, 2.24) is 9.55 Å². The summed E-state index contributed by atoms with van der Waals surface area (Å²) in [6, 6.07) is 0. The summed E-state index contributed by atoms with van der Waals surface area (Å²) in [4.78, 5) is 15.0. The zero-order valence-corrected chi connectivity index (χ0v) is 13.4. The van der Waals surface area contributed by atoms with E-state index < -0.39 is 5.97 Å². The fraction of sp³-hybridized carbons (Fsp3) is 0.765. The molecule has 0 saturated carbocycles. The van der Waals surface area contributed by atoms with Crippen LogP contribution in [-0.4, -0.2) is 20.6 Å². The highest BCUT2D eigenvalue weighted by Gasteiger charge is 2.05. The minimum atomic E-state index is -0.808. The molecule has 1 rings (SSSR count). The summed E-state index contributed by atoms with van der Waals surface area (Å²) in [5.41, 5.74) is 0. The lowest BCUT2D eigenvalue weighted by Gasteiger charge is -2.05. The number of rotatable bonds is 13. The van der Waals surface area contributed by atoms with Gasteiger partial charge in [-0.3, -0.25) is 4.79 Å². The lowest BCUT2D eigenvalue weighted by Crippen LogP contribution is -2.11. The van der Waals surface area contributed by atoms with Gasteiger partial charge in [-0.05, 0) is 6.42 Å². The highest BCUT2D eigenvalue weighted by molar-refractivity contribution is 5.66. The Labute approximate surface area is 128 Å². The molecule has 1 aromatic rings. The number of hydrogen-bond donors (Lipinski definition) is 1. The van der Waals surface area contributed by atoms with E-state index >= 15 is 0 Å². The van der Waals surface area contributed by atoms with Gasteiger partial charge in [0.05, 0.1) is 0 Å². The number of hydrogen-bond acceptors (Lipinski definition) is 2. The van der Waals surface area contributed by atoms with Gasteiger partial charge in [-0.1, -0.05) is 64.7 Å². The second-order valence-corrected chi connectivity index (χ2v) is 5.80. The van der Waals surface area contributed by atoms with Crippen molar-refractivity contribution < 1.29 is 9.90 Å². The first kappa shape index (κ1) is 17.7. The maximum atomic E-state index is 10.7. The fourth-order valence-corrected chi connectivity index (χ4v) is 2.63. The van der Waals surface area contributed by atoms with Gasteiger partial charge in [-0.2, -0.15) is 0 Å². The Kier molecular flexibility index (Phi) is 9.58. The number of aliphatic carboxylic acids is 1.